The Morgan fingerprint density at radius 2 is 1.16 bits per heavy atom. The van der Waals surface area contributed by atoms with E-state index in [1.807, 2.05) is 91.0 Å². The molecule has 3 heteroatoms. The second-order valence-corrected chi connectivity index (χ2v) is 9.12. The lowest BCUT2D eigenvalue weighted by Gasteiger charge is -2.27. The monoisotopic (exact) mass is 348 g/mol. The normalized spacial score (nSPS) is 12.5. The van der Waals surface area contributed by atoms with Gasteiger partial charge in [-0.1, -0.05) is 91.0 Å². The second-order valence-electron chi connectivity index (χ2n) is 6.15. The Balaban J connectivity index is 2.15. The van der Waals surface area contributed by atoms with E-state index >= 15 is 0 Å². The third kappa shape index (κ3) is 3.65. The highest BCUT2D eigenvalue weighted by Crippen LogP contribution is 2.50. The zero-order chi connectivity index (χ0) is 17.7. The van der Waals surface area contributed by atoms with E-state index in [9.17, 15) is 9.36 Å². The van der Waals surface area contributed by atoms with Gasteiger partial charge in [0.25, 0.3) is 0 Å². The molecule has 0 aromatic heterocycles. The molecule has 1 atom stereocenters. The van der Waals surface area contributed by atoms with Crippen molar-refractivity contribution in [3.8, 4) is 0 Å². The van der Waals surface area contributed by atoms with Crippen LogP contribution in [-0.2, 0) is 15.8 Å². The molecule has 0 N–H and O–H groups in total. The van der Waals surface area contributed by atoms with Crippen molar-refractivity contribution in [1.29, 1.82) is 0 Å². The molecule has 3 aromatic carbocycles. The van der Waals surface area contributed by atoms with Crippen molar-refractivity contribution in [2.24, 2.45) is 0 Å². The SMILES string of the molecule is CC(=O)C(Cc1ccccc1)P(=O)(c1ccccc1)c1ccccc1. The molecule has 0 aliphatic rings. The number of Topliss-reactive ketones (excluding diaryl/α,β-unsaturated/α-hetero) is 1. The molecule has 25 heavy (non-hydrogen) atoms. The molecule has 126 valence electrons. The van der Waals surface area contributed by atoms with Crippen LogP contribution in [0.4, 0.5) is 0 Å². The van der Waals surface area contributed by atoms with Crippen LogP contribution in [0.3, 0.4) is 0 Å². The van der Waals surface area contributed by atoms with Gasteiger partial charge in [0.2, 0.25) is 0 Å². The summed E-state index contributed by atoms with van der Waals surface area (Å²) in [5.74, 6) is -0.0418. The van der Waals surface area contributed by atoms with E-state index in [0.29, 0.717) is 6.42 Å². The summed E-state index contributed by atoms with van der Waals surface area (Å²) in [4.78, 5) is 12.6. The van der Waals surface area contributed by atoms with E-state index in [-0.39, 0.29) is 5.78 Å². The van der Waals surface area contributed by atoms with Gasteiger partial charge in [-0.25, -0.2) is 0 Å². The minimum absolute atomic E-state index is 0.0418. The van der Waals surface area contributed by atoms with Crippen LogP contribution in [0.2, 0.25) is 0 Å². The first kappa shape index (κ1) is 17.4. The third-order valence-corrected chi connectivity index (χ3v) is 8.01. The number of hydrogen-bond acceptors (Lipinski definition) is 2. The summed E-state index contributed by atoms with van der Waals surface area (Å²) in [6, 6.07) is 28.6. The summed E-state index contributed by atoms with van der Waals surface area (Å²) < 4.78 is 14.3. The molecular weight excluding hydrogens is 327 g/mol. The average molecular weight is 348 g/mol. The minimum Gasteiger partial charge on any atom is -0.313 e. The predicted octanol–water partition coefficient (Wildman–Crippen LogP) is 4.20. The van der Waals surface area contributed by atoms with Crippen molar-refractivity contribution in [2.45, 2.75) is 19.0 Å². The number of benzene rings is 3. The van der Waals surface area contributed by atoms with Gasteiger partial charge in [-0.05, 0) is 18.9 Å². The molecule has 0 heterocycles. The quantitative estimate of drug-likeness (QED) is 0.626. The fourth-order valence-electron chi connectivity index (χ4n) is 3.17. The fraction of sp³-hybridized carbons (Fsp3) is 0.136. The summed E-state index contributed by atoms with van der Waals surface area (Å²) in [5.41, 5.74) is 0.453. The Hall–Kier alpha value is -2.44. The van der Waals surface area contributed by atoms with Crippen LogP contribution in [0.25, 0.3) is 0 Å². The van der Waals surface area contributed by atoms with E-state index in [1.165, 1.54) is 0 Å². The predicted molar refractivity (Wildman–Crippen MR) is 104 cm³/mol. The van der Waals surface area contributed by atoms with E-state index < -0.39 is 12.8 Å². The number of ketones is 1. The molecule has 2 nitrogen and oxygen atoms in total. The fourth-order valence-corrected chi connectivity index (χ4v) is 6.40. The highest BCUT2D eigenvalue weighted by atomic mass is 31.2. The molecular formula is C22H21O2P. The lowest BCUT2D eigenvalue weighted by molar-refractivity contribution is -0.116. The number of hydrogen-bond donors (Lipinski definition) is 0. The topological polar surface area (TPSA) is 34.1 Å². The first-order chi connectivity index (χ1) is 12.1. The van der Waals surface area contributed by atoms with E-state index in [0.717, 1.165) is 16.2 Å². The first-order valence-electron chi connectivity index (χ1n) is 8.37. The van der Waals surface area contributed by atoms with E-state index in [4.69, 9.17) is 0 Å². The van der Waals surface area contributed by atoms with Gasteiger partial charge in [0.1, 0.15) is 5.78 Å². The van der Waals surface area contributed by atoms with Crippen LogP contribution in [0, 0.1) is 0 Å². The van der Waals surface area contributed by atoms with Crippen LogP contribution in [0.5, 0.6) is 0 Å². The zero-order valence-corrected chi connectivity index (χ0v) is 15.1. The van der Waals surface area contributed by atoms with Crippen molar-refractivity contribution in [3.05, 3.63) is 96.6 Å². The van der Waals surface area contributed by atoms with Crippen molar-refractivity contribution < 1.29 is 9.36 Å². The van der Waals surface area contributed by atoms with Crippen LogP contribution < -0.4 is 10.6 Å². The lowest BCUT2D eigenvalue weighted by Crippen LogP contribution is -2.32. The van der Waals surface area contributed by atoms with Crippen LogP contribution in [-0.4, -0.2) is 11.4 Å². The lowest BCUT2D eigenvalue weighted by atomic mass is 10.1. The second kappa shape index (κ2) is 7.63. The van der Waals surface area contributed by atoms with Gasteiger partial charge in [0.05, 0.1) is 5.66 Å². The van der Waals surface area contributed by atoms with Crippen LogP contribution in [0.15, 0.2) is 91.0 Å². The smallest absolute Gasteiger partial charge is 0.153 e. The largest absolute Gasteiger partial charge is 0.313 e. The molecule has 3 aromatic rings. The van der Waals surface area contributed by atoms with E-state index in [2.05, 4.69) is 0 Å². The Bertz CT molecular complexity index is 830. The Labute approximate surface area is 148 Å². The summed E-state index contributed by atoms with van der Waals surface area (Å²) in [5, 5.41) is 1.47. The first-order valence-corrected chi connectivity index (χ1v) is 10.2. The summed E-state index contributed by atoms with van der Waals surface area (Å²) in [6.45, 7) is 1.55. The molecule has 0 bridgehead atoms. The maximum absolute atomic E-state index is 14.3. The zero-order valence-electron chi connectivity index (χ0n) is 14.2. The molecule has 0 aliphatic heterocycles. The van der Waals surface area contributed by atoms with Gasteiger partial charge >= 0.3 is 0 Å². The van der Waals surface area contributed by atoms with Crippen molar-refractivity contribution in [3.63, 3.8) is 0 Å². The molecule has 0 saturated carbocycles. The highest BCUT2D eigenvalue weighted by Gasteiger charge is 2.39. The molecule has 3 rings (SSSR count). The Morgan fingerprint density at radius 1 is 0.760 bits per heavy atom. The van der Waals surface area contributed by atoms with Crippen molar-refractivity contribution in [1.82, 2.24) is 0 Å². The summed E-state index contributed by atoms with van der Waals surface area (Å²) in [6.07, 6.45) is 0.469. The number of carbonyl (C=O) groups is 1. The van der Waals surface area contributed by atoms with Gasteiger partial charge in [-0.3, -0.25) is 4.79 Å². The molecule has 0 amide bonds. The maximum atomic E-state index is 14.3. The molecule has 1 unspecified atom stereocenters. The standard InChI is InChI=1S/C22H21O2P/c1-18(23)22(17-19-11-5-2-6-12-19)25(24,20-13-7-3-8-14-20)21-15-9-4-10-16-21/h2-16,22H,17H2,1H3. The molecule has 0 spiro atoms. The van der Waals surface area contributed by atoms with Gasteiger partial charge in [0.15, 0.2) is 7.14 Å². The Kier molecular flexibility index (Phi) is 5.31. The van der Waals surface area contributed by atoms with E-state index in [1.54, 1.807) is 6.92 Å². The summed E-state index contributed by atoms with van der Waals surface area (Å²) >= 11 is 0. The van der Waals surface area contributed by atoms with Crippen molar-refractivity contribution in [2.75, 3.05) is 0 Å². The van der Waals surface area contributed by atoms with Crippen LogP contribution >= 0.6 is 7.14 Å². The number of rotatable bonds is 6. The molecule has 0 radical (unpaired) electrons. The van der Waals surface area contributed by atoms with Gasteiger partial charge in [-0.2, -0.15) is 0 Å². The molecule has 0 aliphatic carbocycles. The van der Waals surface area contributed by atoms with Gasteiger partial charge in [-0.15, -0.1) is 0 Å². The highest BCUT2D eigenvalue weighted by molar-refractivity contribution is 7.80. The third-order valence-electron chi connectivity index (χ3n) is 4.46. The average Bonchev–Trinajstić information content (AvgIpc) is 2.67. The minimum atomic E-state index is -3.11. The molecule has 0 saturated heterocycles. The Morgan fingerprint density at radius 3 is 1.56 bits per heavy atom. The maximum Gasteiger partial charge on any atom is 0.153 e. The van der Waals surface area contributed by atoms with Gasteiger partial charge in [0, 0.05) is 10.6 Å². The van der Waals surface area contributed by atoms with Crippen molar-refractivity contribution >= 4 is 23.5 Å². The van der Waals surface area contributed by atoms with Gasteiger partial charge < -0.3 is 4.57 Å². The van der Waals surface area contributed by atoms with Crippen LogP contribution in [0.1, 0.15) is 12.5 Å². The summed E-state index contributed by atoms with van der Waals surface area (Å²) in [7, 11) is -3.11. The number of carbonyl (C=O) groups excluding carboxylic acids is 1. The molecule has 0 fully saturated rings.